The Hall–Kier alpha value is -1.80. The van der Waals surface area contributed by atoms with E-state index < -0.39 is 0 Å². The number of methoxy groups -OCH3 is 1. The van der Waals surface area contributed by atoms with Crippen LogP contribution in [0.5, 0.6) is 5.75 Å². The summed E-state index contributed by atoms with van der Waals surface area (Å²) in [4.78, 5) is 3.96. The SMILES string of the molecule is COc1ccnc(N(C)N)c1C#N. The molecule has 0 unspecified atom stereocenters. The van der Waals surface area contributed by atoms with Crippen LogP contribution in [0.15, 0.2) is 12.3 Å². The maximum Gasteiger partial charge on any atom is 0.164 e. The van der Waals surface area contributed by atoms with Crippen LogP contribution in [-0.2, 0) is 0 Å². The van der Waals surface area contributed by atoms with Crippen molar-refractivity contribution in [3.05, 3.63) is 17.8 Å². The molecule has 1 heterocycles. The van der Waals surface area contributed by atoms with Gasteiger partial charge in [0.1, 0.15) is 17.4 Å². The predicted molar refractivity (Wildman–Crippen MR) is 48.1 cm³/mol. The number of aromatic nitrogens is 1. The number of hydrazine groups is 1. The van der Waals surface area contributed by atoms with Crippen molar-refractivity contribution < 1.29 is 4.74 Å². The number of hydrogen-bond donors (Lipinski definition) is 1. The molecule has 0 atom stereocenters. The molecule has 68 valence electrons. The van der Waals surface area contributed by atoms with E-state index in [9.17, 15) is 0 Å². The topological polar surface area (TPSA) is 75.2 Å². The first-order valence-electron chi connectivity index (χ1n) is 3.62. The van der Waals surface area contributed by atoms with Crippen molar-refractivity contribution in [3.8, 4) is 11.8 Å². The van der Waals surface area contributed by atoms with E-state index >= 15 is 0 Å². The molecular weight excluding hydrogens is 168 g/mol. The van der Waals surface area contributed by atoms with Crippen LogP contribution in [0, 0.1) is 11.3 Å². The maximum absolute atomic E-state index is 8.83. The van der Waals surface area contributed by atoms with Crippen LogP contribution in [0.3, 0.4) is 0 Å². The minimum absolute atomic E-state index is 0.343. The van der Waals surface area contributed by atoms with E-state index in [-0.39, 0.29) is 0 Å². The minimum atomic E-state index is 0.343. The Labute approximate surface area is 76.3 Å². The average molecular weight is 178 g/mol. The number of anilines is 1. The number of ether oxygens (including phenoxy) is 1. The van der Waals surface area contributed by atoms with E-state index in [1.807, 2.05) is 6.07 Å². The van der Waals surface area contributed by atoms with E-state index in [0.717, 1.165) is 0 Å². The Bertz CT molecular complexity index is 342. The molecule has 13 heavy (non-hydrogen) atoms. The summed E-state index contributed by atoms with van der Waals surface area (Å²) >= 11 is 0. The molecule has 1 rings (SSSR count). The zero-order valence-electron chi connectivity index (χ0n) is 7.48. The van der Waals surface area contributed by atoms with Gasteiger partial charge < -0.3 is 4.74 Å². The van der Waals surface area contributed by atoms with E-state index in [1.54, 1.807) is 19.3 Å². The molecule has 0 radical (unpaired) electrons. The highest BCUT2D eigenvalue weighted by Crippen LogP contribution is 2.23. The lowest BCUT2D eigenvalue weighted by atomic mass is 10.2. The Morgan fingerprint density at radius 1 is 1.69 bits per heavy atom. The number of nitriles is 1. The van der Waals surface area contributed by atoms with Gasteiger partial charge in [0.05, 0.1) is 7.11 Å². The van der Waals surface area contributed by atoms with Crippen LogP contribution < -0.4 is 15.6 Å². The van der Waals surface area contributed by atoms with Crippen LogP contribution in [0.4, 0.5) is 5.82 Å². The summed E-state index contributed by atoms with van der Waals surface area (Å²) in [5.41, 5.74) is 0.343. The van der Waals surface area contributed by atoms with Crippen molar-refractivity contribution in [2.24, 2.45) is 5.84 Å². The summed E-state index contributed by atoms with van der Waals surface area (Å²) in [5.74, 6) is 6.36. The van der Waals surface area contributed by atoms with E-state index in [4.69, 9.17) is 15.8 Å². The molecule has 2 N–H and O–H groups in total. The van der Waals surface area contributed by atoms with Crippen molar-refractivity contribution in [2.45, 2.75) is 0 Å². The van der Waals surface area contributed by atoms with Crippen molar-refractivity contribution >= 4 is 5.82 Å². The summed E-state index contributed by atoms with van der Waals surface area (Å²) in [7, 11) is 3.11. The second kappa shape index (κ2) is 3.74. The van der Waals surface area contributed by atoms with Gasteiger partial charge in [0.25, 0.3) is 0 Å². The smallest absolute Gasteiger partial charge is 0.164 e. The number of pyridine rings is 1. The normalized spacial score (nSPS) is 9.08. The Morgan fingerprint density at radius 3 is 2.85 bits per heavy atom. The molecule has 0 fully saturated rings. The highest BCUT2D eigenvalue weighted by Gasteiger charge is 2.11. The van der Waals surface area contributed by atoms with Gasteiger partial charge >= 0.3 is 0 Å². The van der Waals surface area contributed by atoms with Crippen molar-refractivity contribution in [1.29, 1.82) is 5.26 Å². The predicted octanol–water partition coefficient (Wildman–Crippen LogP) is 0.272. The van der Waals surface area contributed by atoms with Crippen molar-refractivity contribution in [1.82, 2.24) is 4.98 Å². The molecule has 1 aromatic rings. The molecule has 0 aliphatic carbocycles. The fourth-order valence-corrected chi connectivity index (χ4v) is 0.976. The summed E-state index contributed by atoms with van der Waals surface area (Å²) in [6.07, 6.45) is 1.54. The Morgan fingerprint density at radius 2 is 2.38 bits per heavy atom. The largest absolute Gasteiger partial charge is 0.495 e. The first kappa shape index (κ1) is 9.29. The summed E-state index contributed by atoms with van der Waals surface area (Å²) < 4.78 is 4.98. The minimum Gasteiger partial charge on any atom is -0.495 e. The number of hydrogen-bond acceptors (Lipinski definition) is 5. The van der Waals surface area contributed by atoms with Gasteiger partial charge in [-0.1, -0.05) is 0 Å². The third-order valence-corrected chi connectivity index (χ3v) is 1.56. The lowest BCUT2D eigenvalue weighted by molar-refractivity contribution is 0.413. The van der Waals surface area contributed by atoms with Gasteiger partial charge in [-0.3, -0.25) is 5.01 Å². The van der Waals surface area contributed by atoms with Crippen LogP contribution in [0.25, 0.3) is 0 Å². The van der Waals surface area contributed by atoms with E-state index in [2.05, 4.69) is 4.98 Å². The molecule has 5 heteroatoms. The van der Waals surface area contributed by atoms with Crippen LogP contribution in [0.1, 0.15) is 5.56 Å². The third kappa shape index (κ3) is 1.68. The Balaban J connectivity index is 3.29. The first-order chi connectivity index (χ1) is 6.20. The van der Waals surface area contributed by atoms with Crippen LogP contribution in [-0.4, -0.2) is 19.1 Å². The molecule has 0 aliphatic rings. The van der Waals surface area contributed by atoms with Gasteiger partial charge in [-0.2, -0.15) is 5.26 Å². The van der Waals surface area contributed by atoms with Crippen LogP contribution >= 0.6 is 0 Å². The van der Waals surface area contributed by atoms with Crippen molar-refractivity contribution in [2.75, 3.05) is 19.2 Å². The summed E-state index contributed by atoms with van der Waals surface area (Å²) in [6.45, 7) is 0. The molecule has 0 aromatic carbocycles. The van der Waals surface area contributed by atoms with Gasteiger partial charge in [0.15, 0.2) is 5.82 Å². The lowest BCUT2D eigenvalue weighted by Crippen LogP contribution is -2.27. The molecule has 0 amide bonds. The second-order valence-electron chi connectivity index (χ2n) is 2.43. The fourth-order valence-electron chi connectivity index (χ4n) is 0.976. The average Bonchev–Trinajstić information content (AvgIpc) is 2.16. The van der Waals surface area contributed by atoms with Gasteiger partial charge in [-0.15, -0.1) is 0 Å². The quantitative estimate of drug-likeness (QED) is 0.519. The highest BCUT2D eigenvalue weighted by atomic mass is 16.5. The molecule has 0 spiro atoms. The molecule has 0 bridgehead atoms. The van der Waals surface area contributed by atoms with Gasteiger partial charge in [-0.05, 0) is 6.07 Å². The van der Waals surface area contributed by atoms with Gasteiger partial charge in [0, 0.05) is 13.2 Å². The fraction of sp³-hybridized carbons (Fsp3) is 0.250. The van der Waals surface area contributed by atoms with E-state index in [0.29, 0.717) is 17.1 Å². The van der Waals surface area contributed by atoms with Gasteiger partial charge in [0.2, 0.25) is 0 Å². The lowest BCUT2D eigenvalue weighted by Gasteiger charge is -2.13. The number of rotatable bonds is 2. The molecule has 0 saturated carbocycles. The summed E-state index contributed by atoms with van der Waals surface area (Å²) in [6, 6.07) is 3.60. The molecular formula is C8H10N4O. The molecule has 1 aromatic heterocycles. The van der Waals surface area contributed by atoms with E-state index in [1.165, 1.54) is 12.1 Å². The standard InChI is InChI=1S/C8H10N4O/c1-12(10)8-6(5-9)7(13-2)3-4-11-8/h3-4H,10H2,1-2H3. The van der Waals surface area contributed by atoms with Crippen molar-refractivity contribution in [3.63, 3.8) is 0 Å². The number of nitrogens with zero attached hydrogens (tertiary/aromatic N) is 3. The monoisotopic (exact) mass is 178 g/mol. The zero-order chi connectivity index (χ0) is 9.84. The highest BCUT2D eigenvalue weighted by molar-refractivity contribution is 5.59. The first-order valence-corrected chi connectivity index (χ1v) is 3.62. The Kier molecular flexibility index (Phi) is 2.67. The maximum atomic E-state index is 8.83. The molecule has 5 nitrogen and oxygen atoms in total. The number of nitrogens with two attached hydrogens (primary N) is 1. The second-order valence-corrected chi connectivity index (χ2v) is 2.43. The zero-order valence-corrected chi connectivity index (χ0v) is 7.48. The molecule has 0 saturated heterocycles. The third-order valence-electron chi connectivity index (χ3n) is 1.56. The summed E-state index contributed by atoms with van der Waals surface area (Å²) in [5, 5.41) is 10.1. The van der Waals surface area contributed by atoms with Gasteiger partial charge in [-0.25, -0.2) is 10.8 Å². The molecule has 0 aliphatic heterocycles. The van der Waals surface area contributed by atoms with Crippen LogP contribution in [0.2, 0.25) is 0 Å².